The zero-order valence-corrected chi connectivity index (χ0v) is 24.6. The second-order valence-corrected chi connectivity index (χ2v) is 12.3. The molecule has 0 aliphatic carbocycles. The number of amides is 2. The largest absolute Gasteiger partial charge is 0.352 e. The Kier molecular flexibility index (Phi) is 10.2. The van der Waals surface area contributed by atoms with Crippen LogP contribution in [0, 0.1) is 13.8 Å². The van der Waals surface area contributed by atoms with Gasteiger partial charge in [0.1, 0.15) is 12.6 Å². The average Bonchev–Trinajstić information content (AvgIpc) is 2.87. The van der Waals surface area contributed by atoms with E-state index in [1.807, 2.05) is 64.1 Å². The number of hydrogen-bond donors (Lipinski definition) is 1. The van der Waals surface area contributed by atoms with Crippen molar-refractivity contribution in [2.45, 2.75) is 52.7 Å². The van der Waals surface area contributed by atoms with E-state index in [1.165, 1.54) is 4.90 Å². The molecule has 0 spiro atoms. The van der Waals surface area contributed by atoms with Crippen molar-refractivity contribution < 1.29 is 18.0 Å². The number of benzene rings is 3. The number of aryl methyl sites for hydroxylation is 1. The highest BCUT2D eigenvalue weighted by Gasteiger charge is 2.33. The predicted molar refractivity (Wildman–Crippen MR) is 157 cm³/mol. The maximum Gasteiger partial charge on any atom is 0.244 e. The maximum absolute atomic E-state index is 14.1. The number of nitrogens with one attached hydrogen (secondary N) is 1. The minimum absolute atomic E-state index is 0.101. The fourth-order valence-corrected chi connectivity index (χ4v) is 5.35. The average molecular weight is 570 g/mol. The summed E-state index contributed by atoms with van der Waals surface area (Å²) in [4.78, 5) is 29.1. The number of anilines is 1. The van der Waals surface area contributed by atoms with E-state index in [9.17, 15) is 18.0 Å². The quantitative estimate of drug-likeness (QED) is 0.356. The molecule has 39 heavy (non-hydrogen) atoms. The molecule has 1 atom stereocenters. The molecule has 0 aliphatic heterocycles. The molecule has 1 N–H and O–H groups in total. The molecule has 0 aliphatic rings. The van der Waals surface area contributed by atoms with E-state index in [4.69, 9.17) is 11.6 Å². The highest BCUT2D eigenvalue weighted by atomic mass is 35.5. The van der Waals surface area contributed by atoms with E-state index in [1.54, 1.807) is 36.4 Å². The van der Waals surface area contributed by atoms with E-state index in [0.717, 1.165) is 32.8 Å². The molecule has 0 fully saturated rings. The number of halogens is 1. The summed E-state index contributed by atoms with van der Waals surface area (Å²) in [6.45, 7) is 7.08. The van der Waals surface area contributed by atoms with Gasteiger partial charge < -0.3 is 10.2 Å². The van der Waals surface area contributed by atoms with Crippen molar-refractivity contribution in [3.63, 3.8) is 0 Å². The molecule has 0 radical (unpaired) electrons. The second-order valence-electron chi connectivity index (χ2n) is 10.0. The number of sulfonamides is 1. The summed E-state index contributed by atoms with van der Waals surface area (Å²) >= 11 is 6.08. The summed E-state index contributed by atoms with van der Waals surface area (Å²) in [5.41, 5.74) is 3.75. The van der Waals surface area contributed by atoms with Gasteiger partial charge in [0.05, 0.1) is 11.9 Å². The zero-order valence-electron chi connectivity index (χ0n) is 23.0. The van der Waals surface area contributed by atoms with E-state index in [0.29, 0.717) is 10.7 Å². The Morgan fingerprint density at radius 1 is 0.897 bits per heavy atom. The SMILES string of the molecule is Cc1cccc(N(CC(=O)N(Cc2ccc(Cl)cc2)[C@@H](Cc2ccccc2)C(=O)NC(C)C)S(C)(=O)=O)c1C. The molecular formula is C30H36ClN3O4S. The third-order valence-electron chi connectivity index (χ3n) is 6.49. The summed E-state index contributed by atoms with van der Waals surface area (Å²) in [5.74, 6) is -0.801. The summed E-state index contributed by atoms with van der Waals surface area (Å²) < 4.78 is 27.0. The van der Waals surface area contributed by atoms with E-state index in [-0.39, 0.29) is 24.9 Å². The number of hydrogen-bond acceptors (Lipinski definition) is 4. The minimum Gasteiger partial charge on any atom is -0.352 e. The van der Waals surface area contributed by atoms with Crippen LogP contribution in [0.2, 0.25) is 5.02 Å². The highest BCUT2D eigenvalue weighted by molar-refractivity contribution is 7.92. The highest BCUT2D eigenvalue weighted by Crippen LogP contribution is 2.26. The Hall–Kier alpha value is -3.36. The number of carbonyl (C=O) groups is 2. The van der Waals surface area contributed by atoms with Crippen molar-refractivity contribution in [1.82, 2.24) is 10.2 Å². The van der Waals surface area contributed by atoms with Gasteiger partial charge in [-0.2, -0.15) is 0 Å². The van der Waals surface area contributed by atoms with Crippen LogP contribution in [0.4, 0.5) is 5.69 Å². The lowest BCUT2D eigenvalue weighted by atomic mass is 10.0. The van der Waals surface area contributed by atoms with E-state index >= 15 is 0 Å². The number of nitrogens with zero attached hydrogens (tertiary/aromatic N) is 2. The molecule has 0 saturated heterocycles. The van der Waals surface area contributed by atoms with Gasteiger partial charge in [-0.15, -0.1) is 0 Å². The lowest BCUT2D eigenvalue weighted by molar-refractivity contribution is -0.140. The third-order valence-corrected chi connectivity index (χ3v) is 7.87. The Labute approximate surface area is 236 Å². The molecule has 0 aromatic heterocycles. The van der Waals surface area contributed by atoms with E-state index < -0.39 is 28.5 Å². The molecule has 3 aromatic carbocycles. The van der Waals surface area contributed by atoms with Gasteiger partial charge in [0.25, 0.3) is 0 Å². The summed E-state index contributed by atoms with van der Waals surface area (Å²) in [7, 11) is -3.82. The van der Waals surface area contributed by atoms with Crippen molar-refractivity contribution in [2.75, 3.05) is 17.1 Å². The van der Waals surface area contributed by atoms with Gasteiger partial charge in [-0.3, -0.25) is 13.9 Å². The number of rotatable bonds is 11. The standard InChI is InChI=1S/C30H36ClN3O4S/c1-21(2)32-30(36)28(18-24-11-7-6-8-12-24)33(19-25-14-16-26(31)17-15-25)29(35)20-34(39(5,37)38)27-13-9-10-22(3)23(27)4/h6-17,21,28H,18-20H2,1-5H3,(H,32,36)/t28-/m0/s1. The lowest BCUT2D eigenvalue weighted by Crippen LogP contribution is -2.54. The van der Waals surface area contributed by atoms with Crippen LogP contribution in [-0.2, 0) is 32.6 Å². The summed E-state index contributed by atoms with van der Waals surface area (Å²) in [6, 6.07) is 20.8. The molecule has 0 saturated carbocycles. The molecule has 3 rings (SSSR count). The van der Waals surface area contributed by atoms with Crippen LogP contribution in [0.1, 0.15) is 36.1 Å². The molecule has 3 aromatic rings. The Balaban J connectivity index is 2.07. The third kappa shape index (κ3) is 8.31. The lowest BCUT2D eigenvalue weighted by Gasteiger charge is -2.34. The van der Waals surface area contributed by atoms with Crippen LogP contribution in [0.5, 0.6) is 0 Å². The monoisotopic (exact) mass is 569 g/mol. The van der Waals surface area contributed by atoms with Crippen LogP contribution < -0.4 is 9.62 Å². The van der Waals surface area contributed by atoms with Crippen molar-refractivity contribution in [3.05, 3.63) is 100 Å². The molecule has 0 unspecified atom stereocenters. The fourth-order valence-electron chi connectivity index (χ4n) is 4.32. The molecule has 2 amide bonds. The first-order chi connectivity index (χ1) is 18.4. The van der Waals surface area contributed by atoms with Gasteiger partial charge in [0, 0.05) is 24.0 Å². The minimum atomic E-state index is -3.82. The molecule has 208 valence electrons. The smallest absolute Gasteiger partial charge is 0.244 e. The van der Waals surface area contributed by atoms with Gasteiger partial charge in [-0.1, -0.05) is 66.2 Å². The first-order valence-electron chi connectivity index (χ1n) is 12.8. The first-order valence-corrected chi connectivity index (χ1v) is 15.0. The Morgan fingerprint density at radius 2 is 1.54 bits per heavy atom. The fraction of sp³-hybridized carbons (Fsp3) is 0.333. The van der Waals surface area contributed by atoms with Crippen molar-refractivity contribution >= 4 is 39.1 Å². The van der Waals surface area contributed by atoms with Gasteiger partial charge in [0.15, 0.2) is 0 Å². The summed E-state index contributed by atoms with van der Waals surface area (Å²) in [5, 5.41) is 3.49. The van der Waals surface area contributed by atoms with E-state index in [2.05, 4.69) is 5.32 Å². The van der Waals surface area contributed by atoms with Crippen LogP contribution in [0.15, 0.2) is 72.8 Å². The Morgan fingerprint density at radius 3 is 2.13 bits per heavy atom. The van der Waals surface area contributed by atoms with Gasteiger partial charge in [-0.05, 0) is 68.1 Å². The van der Waals surface area contributed by atoms with Crippen LogP contribution in [-0.4, -0.2) is 50.0 Å². The molecule has 9 heteroatoms. The normalized spacial score (nSPS) is 12.2. The molecule has 0 heterocycles. The first kappa shape index (κ1) is 30.2. The zero-order chi connectivity index (χ0) is 28.7. The van der Waals surface area contributed by atoms with Crippen molar-refractivity contribution in [2.24, 2.45) is 0 Å². The van der Waals surface area contributed by atoms with Crippen LogP contribution in [0.25, 0.3) is 0 Å². The molecule has 7 nitrogen and oxygen atoms in total. The molecule has 0 bridgehead atoms. The van der Waals surface area contributed by atoms with Crippen molar-refractivity contribution in [3.8, 4) is 0 Å². The topological polar surface area (TPSA) is 86.8 Å². The van der Waals surface area contributed by atoms with Gasteiger partial charge in [0.2, 0.25) is 21.8 Å². The van der Waals surface area contributed by atoms with Crippen molar-refractivity contribution in [1.29, 1.82) is 0 Å². The van der Waals surface area contributed by atoms with Gasteiger partial charge in [-0.25, -0.2) is 8.42 Å². The van der Waals surface area contributed by atoms with Gasteiger partial charge >= 0.3 is 0 Å². The molecular weight excluding hydrogens is 534 g/mol. The second kappa shape index (κ2) is 13.1. The van der Waals surface area contributed by atoms with Crippen LogP contribution in [0.3, 0.4) is 0 Å². The Bertz CT molecular complexity index is 1390. The maximum atomic E-state index is 14.1. The predicted octanol–water partition coefficient (Wildman–Crippen LogP) is 4.89. The summed E-state index contributed by atoms with van der Waals surface area (Å²) in [6.07, 6.45) is 1.35. The number of carbonyl (C=O) groups excluding carboxylic acids is 2. The van der Waals surface area contributed by atoms with Crippen LogP contribution >= 0.6 is 11.6 Å².